The fourth-order valence-corrected chi connectivity index (χ4v) is 10.8. The van der Waals surface area contributed by atoms with E-state index in [9.17, 15) is 28.8 Å². The van der Waals surface area contributed by atoms with Crippen LogP contribution in [0, 0.1) is 0 Å². The van der Waals surface area contributed by atoms with Crippen LogP contribution in [0.3, 0.4) is 0 Å². The molecule has 0 fully saturated rings. The molecule has 0 amide bonds. The molecule has 10 nitrogen and oxygen atoms in total. The number of hydrogen-bond acceptors (Lipinski definition) is 12. The molecule has 4 N–H and O–H groups in total. The van der Waals surface area contributed by atoms with Crippen molar-refractivity contribution in [2.45, 2.75) is 28.3 Å². The van der Waals surface area contributed by atoms with Gasteiger partial charge in [-0.25, -0.2) is 18.4 Å². The number of rotatable bonds is 8. The molecule has 4 heterocycles. The second-order valence-electron chi connectivity index (χ2n) is 10.6. The lowest BCUT2D eigenvalue weighted by Crippen LogP contribution is -2.05. The predicted octanol–water partition coefficient (Wildman–Crippen LogP) is 8.45. The van der Waals surface area contributed by atoms with Crippen LogP contribution in [0.25, 0.3) is 31.8 Å². The molecular formula is C34H22N4O6S5. The van der Waals surface area contributed by atoms with Crippen LogP contribution < -0.4 is 0 Å². The van der Waals surface area contributed by atoms with E-state index in [1.165, 1.54) is 94.7 Å². The van der Waals surface area contributed by atoms with Crippen molar-refractivity contribution in [1.82, 2.24) is 19.1 Å². The maximum atomic E-state index is 13.9. The van der Waals surface area contributed by atoms with Crippen LogP contribution in [-0.4, -0.2) is 47.9 Å². The van der Waals surface area contributed by atoms with Gasteiger partial charge >= 0.3 is 0 Å². The van der Waals surface area contributed by atoms with Crippen molar-refractivity contribution in [3.8, 4) is 34.9 Å². The van der Waals surface area contributed by atoms with Crippen LogP contribution in [0.2, 0.25) is 0 Å². The van der Waals surface area contributed by atoms with E-state index >= 15 is 0 Å². The van der Waals surface area contributed by atoms with Crippen molar-refractivity contribution in [2.75, 3.05) is 0 Å². The van der Waals surface area contributed by atoms with Crippen molar-refractivity contribution in [3.63, 3.8) is 0 Å². The summed E-state index contributed by atoms with van der Waals surface area (Å²) in [5, 5.41) is 43.8. The van der Waals surface area contributed by atoms with Crippen LogP contribution in [0.1, 0.15) is 0 Å². The Hall–Kier alpha value is -4.93. The van der Waals surface area contributed by atoms with Crippen LogP contribution in [0.4, 0.5) is 0 Å². The largest absolute Gasteiger partial charge is 0.494 e. The first kappa shape index (κ1) is 31.3. The van der Waals surface area contributed by atoms with E-state index in [4.69, 9.17) is 0 Å². The number of thiazole rings is 2. The van der Waals surface area contributed by atoms with Gasteiger partial charge in [0, 0.05) is 12.1 Å². The molecule has 0 atom stereocenters. The summed E-state index contributed by atoms with van der Waals surface area (Å²) in [4.78, 5) is 9.66. The predicted molar refractivity (Wildman–Crippen MR) is 191 cm³/mol. The minimum Gasteiger partial charge on any atom is -0.494 e. The number of benzene rings is 4. The molecule has 0 radical (unpaired) electrons. The Morgan fingerprint density at radius 2 is 0.980 bits per heavy atom. The van der Waals surface area contributed by atoms with E-state index in [1.807, 2.05) is 48.5 Å². The molecular weight excluding hydrogens is 721 g/mol. The molecule has 0 aliphatic heterocycles. The maximum Gasteiger partial charge on any atom is 0.213 e. The summed E-state index contributed by atoms with van der Waals surface area (Å²) in [5.74, 6) is -1.10. The molecule has 4 aromatic carbocycles. The zero-order valence-corrected chi connectivity index (χ0v) is 28.9. The third-order valence-electron chi connectivity index (χ3n) is 7.56. The molecule has 244 valence electrons. The number of aromatic nitrogens is 4. The van der Waals surface area contributed by atoms with E-state index in [2.05, 4.69) is 9.97 Å². The van der Waals surface area contributed by atoms with Gasteiger partial charge in [0.1, 0.15) is 0 Å². The maximum absolute atomic E-state index is 13.9. The number of aromatic hydroxyl groups is 4. The van der Waals surface area contributed by atoms with Crippen LogP contribution >= 0.6 is 46.2 Å². The highest BCUT2D eigenvalue weighted by molar-refractivity contribution is 8.01. The van der Waals surface area contributed by atoms with Gasteiger partial charge in [-0.2, -0.15) is 0 Å². The number of sulfone groups is 1. The molecule has 4 aromatic heterocycles. The quantitative estimate of drug-likeness (QED) is 0.119. The van der Waals surface area contributed by atoms with Crippen molar-refractivity contribution < 1.29 is 28.8 Å². The van der Waals surface area contributed by atoms with Gasteiger partial charge in [0.05, 0.1) is 51.4 Å². The standard InChI is InChI=1S/C34H22N4O6S5/c39-29-17-27(47-33-35-23-11-1-3-13-25(23)45-33)31(41)37(29)19-7-5-9-21(15-19)49(43,44)22-10-6-8-20(16-22)38-30(40)18-28(32(38)42)48-34-36-24-12-2-4-14-26(24)46-34/h1-18,39-42H. The normalized spacial score (nSPS) is 11.9. The summed E-state index contributed by atoms with van der Waals surface area (Å²) < 4.78 is 33.5. The molecule has 0 aliphatic carbocycles. The van der Waals surface area contributed by atoms with E-state index in [-0.39, 0.29) is 44.7 Å². The minimum atomic E-state index is -4.14. The van der Waals surface area contributed by atoms with Gasteiger partial charge in [0.2, 0.25) is 21.6 Å². The first-order valence-corrected chi connectivity index (χ1v) is 19.2. The van der Waals surface area contributed by atoms with Gasteiger partial charge in [0.25, 0.3) is 0 Å². The lowest BCUT2D eigenvalue weighted by Gasteiger charge is -2.12. The number of hydrogen-bond donors (Lipinski definition) is 4. The highest BCUT2D eigenvalue weighted by atomic mass is 32.2. The Morgan fingerprint density at radius 1 is 0.551 bits per heavy atom. The van der Waals surface area contributed by atoms with Gasteiger partial charge in [-0.3, -0.25) is 9.13 Å². The fourth-order valence-electron chi connectivity index (χ4n) is 5.28. The Kier molecular flexibility index (Phi) is 7.80. The molecule has 0 saturated heterocycles. The molecule has 49 heavy (non-hydrogen) atoms. The zero-order valence-electron chi connectivity index (χ0n) is 24.8. The highest BCUT2D eigenvalue weighted by Gasteiger charge is 2.24. The molecule has 0 aliphatic rings. The molecule has 0 spiro atoms. The Labute approximate surface area is 295 Å². The van der Waals surface area contributed by atoms with E-state index < -0.39 is 9.84 Å². The van der Waals surface area contributed by atoms with Crippen molar-refractivity contribution in [2.24, 2.45) is 0 Å². The molecule has 8 aromatic rings. The highest BCUT2D eigenvalue weighted by Crippen LogP contribution is 2.45. The topological polar surface area (TPSA) is 151 Å². The third kappa shape index (κ3) is 5.68. The van der Waals surface area contributed by atoms with Gasteiger partial charge in [-0.05, 0) is 60.7 Å². The summed E-state index contributed by atoms with van der Waals surface area (Å²) in [6.07, 6.45) is 0. The average molecular weight is 743 g/mol. The van der Waals surface area contributed by atoms with E-state index in [0.717, 1.165) is 29.6 Å². The lowest BCUT2D eigenvalue weighted by atomic mass is 10.3. The average Bonchev–Trinajstić information content (AvgIpc) is 3.84. The Morgan fingerprint density at radius 3 is 1.41 bits per heavy atom. The smallest absolute Gasteiger partial charge is 0.213 e. The monoisotopic (exact) mass is 742 g/mol. The summed E-state index contributed by atoms with van der Waals surface area (Å²) in [5.41, 5.74) is 2.10. The van der Waals surface area contributed by atoms with Crippen molar-refractivity contribution >= 4 is 76.5 Å². The summed E-state index contributed by atoms with van der Waals surface area (Å²) in [6, 6.07) is 29.8. The number of fused-ring (bicyclic) bond motifs is 2. The SMILES string of the molecule is O=S(=O)(c1cccc(-n2c(O)cc(Sc3nc4ccccc4s3)c2O)c1)c1cccc(-n2c(O)cc(Sc3nc4ccccc4s3)c2O)c1. The number of para-hydroxylation sites is 2. The molecule has 15 heteroatoms. The van der Waals surface area contributed by atoms with Crippen molar-refractivity contribution in [1.29, 1.82) is 0 Å². The summed E-state index contributed by atoms with van der Waals surface area (Å²) in [7, 11) is -4.14. The second kappa shape index (κ2) is 12.2. The van der Waals surface area contributed by atoms with Gasteiger partial charge in [-0.15, -0.1) is 22.7 Å². The summed E-state index contributed by atoms with van der Waals surface area (Å²) >= 11 is 5.29. The van der Waals surface area contributed by atoms with Crippen molar-refractivity contribution in [3.05, 3.63) is 109 Å². The zero-order chi connectivity index (χ0) is 33.9. The van der Waals surface area contributed by atoms with Crippen LogP contribution in [0.15, 0.2) is 137 Å². The molecule has 0 bridgehead atoms. The first-order chi connectivity index (χ1) is 23.7. The second-order valence-corrected chi connectivity index (χ2v) is 17.2. The van der Waals surface area contributed by atoms with Gasteiger partial charge in [0.15, 0.2) is 20.4 Å². The minimum absolute atomic E-state index is 0.0944. The van der Waals surface area contributed by atoms with Crippen LogP contribution in [-0.2, 0) is 9.84 Å². The molecule has 0 unspecified atom stereocenters. The van der Waals surface area contributed by atoms with E-state index in [1.54, 1.807) is 12.1 Å². The van der Waals surface area contributed by atoms with Gasteiger partial charge in [-0.1, -0.05) is 59.9 Å². The van der Waals surface area contributed by atoms with Gasteiger partial charge < -0.3 is 20.4 Å². The summed E-state index contributed by atoms with van der Waals surface area (Å²) in [6.45, 7) is 0. The third-order valence-corrected chi connectivity index (χ3v) is 13.5. The molecule has 8 rings (SSSR count). The first-order valence-electron chi connectivity index (χ1n) is 14.5. The van der Waals surface area contributed by atoms with E-state index in [0.29, 0.717) is 18.5 Å². The lowest BCUT2D eigenvalue weighted by molar-refractivity contribution is 0.397. The Bertz CT molecular complexity index is 2420. The Balaban J connectivity index is 1.09. The van der Waals surface area contributed by atoms with Crippen LogP contribution in [0.5, 0.6) is 23.5 Å². The number of nitrogens with zero attached hydrogens (tertiary/aromatic N) is 4. The fraction of sp³-hybridized carbons (Fsp3) is 0. The molecule has 0 saturated carbocycles.